The smallest absolute Gasteiger partial charge is 0.250 e. The summed E-state index contributed by atoms with van der Waals surface area (Å²) in [7, 11) is 0.720. The predicted octanol–water partition coefficient (Wildman–Crippen LogP) is 2.41. The van der Waals surface area contributed by atoms with Gasteiger partial charge in [-0.05, 0) is 55.2 Å². The number of hydrogen-bond donors (Lipinski definition) is 2. The highest BCUT2D eigenvalue weighted by atomic mass is 32.2. The van der Waals surface area contributed by atoms with Crippen molar-refractivity contribution >= 4 is 27.3 Å². The van der Waals surface area contributed by atoms with Crippen LogP contribution in [-0.2, 0) is 26.0 Å². The summed E-state index contributed by atoms with van der Waals surface area (Å²) < 4.78 is 44.6. The number of methoxy groups -OCH3 is 3. The number of ether oxygens (including phenoxy) is 3. The van der Waals surface area contributed by atoms with Crippen molar-refractivity contribution in [2.24, 2.45) is 0 Å². The maximum Gasteiger partial charge on any atom is 0.250 e. The fourth-order valence-electron chi connectivity index (χ4n) is 3.80. The number of hydrogen-bond acceptors (Lipinski definition) is 7. The van der Waals surface area contributed by atoms with Crippen LogP contribution in [0.4, 0.5) is 11.4 Å². The fraction of sp³-hybridized carbons (Fsp3) is 0.435. The Balaban J connectivity index is 1.78. The van der Waals surface area contributed by atoms with E-state index in [2.05, 4.69) is 14.9 Å². The first-order valence-corrected chi connectivity index (χ1v) is 12.2. The molecule has 2 N–H and O–H groups in total. The van der Waals surface area contributed by atoms with E-state index in [0.717, 1.165) is 31.5 Å². The summed E-state index contributed by atoms with van der Waals surface area (Å²) in [6, 6.07) is 10.5. The summed E-state index contributed by atoms with van der Waals surface area (Å²) in [5.41, 5.74) is 1.95. The number of carbonyl (C=O) groups is 1. The minimum absolute atomic E-state index is 0.112. The molecule has 3 rings (SSSR count). The van der Waals surface area contributed by atoms with Crippen molar-refractivity contribution in [3.8, 4) is 11.5 Å². The molecule has 1 amide bonds. The lowest BCUT2D eigenvalue weighted by atomic mass is 10.1. The van der Waals surface area contributed by atoms with Crippen molar-refractivity contribution in [3.05, 3.63) is 42.0 Å². The zero-order chi connectivity index (χ0) is 23.8. The number of nitrogens with zero attached hydrogens (tertiary/aromatic N) is 1. The topological polar surface area (TPSA) is 106 Å². The van der Waals surface area contributed by atoms with Crippen LogP contribution in [-0.4, -0.2) is 61.9 Å². The Kier molecular flexibility index (Phi) is 8.54. The molecule has 1 aliphatic heterocycles. The maximum absolute atomic E-state index is 13.3. The molecular formula is C23H31N3O6S. The summed E-state index contributed by atoms with van der Waals surface area (Å²) in [6.45, 7) is 1.68. The Morgan fingerprint density at radius 2 is 1.73 bits per heavy atom. The van der Waals surface area contributed by atoms with Crippen molar-refractivity contribution in [1.82, 2.24) is 4.72 Å². The highest BCUT2D eigenvalue weighted by Gasteiger charge is 2.24. The molecule has 0 saturated carbocycles. The van der Waals surface area contributed by atoms with Crippen LogP contribution in [0.15, 0.2) is 41.3 Å². The molecule has 1 heterocycles. The molecule has 0 atom stereocenters. The molecule has 2 aromatic rings. The molecule has 1 saturated heterocycles. The van der Waals surface area contributed by atoms with Gasteiger partial charge in [0.05, 0.1) is 19.9 Å². The van der Waals surface area contributed by atoms with E-state index >= 15 is 0 Å². The van der Waals surface area contributed by atoms with E-state index in [4.69, 9.17) is 14.2 Å². The number of carbonyl (C=O) groups excluding carboxylic acids is 1. The SMILES string of the molecule is COCC(=O)Nc1ccc(N2CCCC2)c(S(=O)(=O)NCCc2ccc(OC)c(OC)c2)c1. The van der Waals surface area contributed by atoms with Gasteiger partial charge in [-0.3, -0.25) is 4.79 Å². The molecule has 0 bridgehead atoms. The quantitative estimate of drug-likeness (QED) is 0.512. The van der Waals surface area contributed by atoms with Gasteiger partial charge < -0.3 is 24.4 Å². The molecular weight excluding hydrogens is 446 g/mol. The molecule has 0 aromatic heterocycles. The van der Waals surface area contributed by atoms with Crippen molar-refractivity contribution < 1.29 is 27.4 Å². The largest absolute Gasteiger partial charge is 0.493 e. The van der Waals surface area contributed by atoms with E-state index < -0.39 is 10.0 Å². The average molecular weight is 478 g/mol. The highest BCUT2D eigenvalue weighted by Crippen LogP contribution is 2.31. The van der Waals surface area contributed by atoms with Crippen LogP contribution in [0, 0.1) is 0 Å². The first kappa shape index (κ1) is 24.8. The number of benzene rings is 2. The van der Waals surface area contributed by atoms with E-state index in [9.17, 15) is 13.2 Å². The lowest BCUT2D eigenvalue weighted by Gasteiger charge is -2.22. The molecule has 10 heteroatoms. The lowest BCUT2D eigenvalue weighted by molar-refractivity contribution is -0.119. The second kappa shape index (κ2) is 11.4. The van der Waals surface area contributed by atoms with Crippen LogP contribution < -0.4 is 24.4 Å². The number of rotatable bonds is 11. The van der Waals surface area contributed by atoms with E-state index in [1.54, 1.807) is 32.4 Å². The van der Waals surface area contributed by atoms with E-state index in [-0.39, 0.29) is 24.0 Å². The number of nitrogens with one attached hydrogen (secondary N) is 2. The molecule has 0 radical (unpaired) electrons. The van der Waals surface area contributed by atoms with Gasteiger partial charge in [0.15, 0.2) is 11.5 Å². The molecule has 180 valence electrons. The summed E-state index contributed by atoms with van der Waals surface area (Å²) in [6.07, 6.45) is 2.50. The molecule has 9 nitrogen and oxygen atoms in total. The van der Waals surface area contributed by atoms with Crippen molar-refractivity contribution in [3.63, 3.8) is 0 Å². The Morgan fingerprint density at radius 1 is 1.00 bits per heavy atom. The van der Waals surface area contributed by atoms with Crippen molar-refractivity contribution in [2.45, 2.75) is 24.2 Å². The summed E-state index contributed by atoms with van der Waals surface area (Å²) in [4.78, 5) is 14.1. The Morgan fingerprint density at radius 3 is 2.39 bits per heavy atom. The molecule has 33 heavy (non-hydrogen) atoms. The van der Waals surface area contributed by atoms with Gasteiger partial charge in [-0.2, -0.15) is 0 Å². The Labute approximate surface area is 195 Å². The van der Waals surface area contributed by atoms with Gasteiger partial charge in [-0.15, -0.1) is 0 Å². The lowest BCUT2D eigenvalue weighted by Crippen LogP contribution is -2.29. The minimum Gasteiger partial charge on any atom is -0.493 e. The van der Waals surface area contributed by atoms with E-state index in [1.807, 2.05) is 12.1 Å². The minimum atomic E-state index is -3.83. The number of amides is 1. The Hall–Kier alpha value is -2.82. The Bertz CT molecular complexity index is 1070. The zero-order valence-electron chi connectivity index (χ0n) is 19.2. The van der Waals surface area contributed by atoms with Crippen LogP contribution in [0.25, 0.3) is 0 Å². The van der Waals surface area contributed by atoms with E-state index in [1.165, 1.54) is 13.2 Å². The summed E-state index contributed by atoms with van der Waals surface area (Å²) >= 11 is 0. The third-order valence-corrected chi connectivity index (χ3v) is 6.90. The van der Waals surface area contributed by atoms with Crippen LogP contribution in [0.3, 0.4) is 0 Å². The normalized spacial score (nSPS) is 13.7. The van der Waals surface area contributed by atoms with Crippen molar-refractivity contribution in [1.29, 1.82) is 0 Å². The standard InChI is InChI=1S/C23H31N3O6S/c1-30-16-23(27)25-18-7-8-19(26-12-4-5-13-26)22(15-18)33(28,29)24-11-10-17-6-9-20(31-2)21(14-17)32-3/h6-9,14-15,24H,4-5,10-13,16H2,1-3H3,(H,25,27). The first-order valence-electron chi connectivity index (χ1n) is 10.8. The first-order chi connectivity index (χ1) is 15.9. The van der Waals surface area contributed by atoms with Gasteiger partial charge in [0, 0.05) is 32.4 Å². The molecule has 1 aliphatic rings. The highest BCUT2D eigenvalue weighted by molar-refractivity contribution is 7.89. The van der Waals surface area contributed by atoms with Gasteiger partial charge in [0.25, 0.3) is 0 Å². The van der Waals surface area contributed by atoms with Gasteiger partial charge >= 0.3 is 0 Å². The molecule has 1 fully saturated rings. The molecule has 0 unspecified atom stereocenters. The van der Waals surface area contributed by atoms with Crippen LogP contribution in [0.1, 0.15) is 18.4 Å². The van der Waals surface area contributed by atoms with Gasteiger partial charge in [0.1, 0.15) is 11.5 Å². The van der Waals surface area contributed by atoms with Gasteiger partial charge in [-0.25, -0.2) is 13.1 Å². The third-order valence-electron chi connectivity index (χ3n) is 5.41. The second-order valence-corrected chi connectivity index (χ2v) is 9.43. The van der Waals surface area contributed by atoms with Crippen LogP contribution in [0.2, 0.25) is 0 Å². The molecule has 0 spiro atoms. The zero-order valence-corrected chi connectivity index (χ0v) is 20.0. The second-order valence-electron chi connectivity index (χ2n) is 7.69. The third kappa shape index (κ3) is 6.37. The summed E-state index contributed by atoms with van der Waals surface area (Å²) in [5.74, 6) is 0.856. The van der Waals surface area contributed by atoms with E-state index in [0.29, 0.717) is 29.3 Å². The monoisotopic (exact) mass is 477 g/mol. The molecule has 0 aliphatic carbocycles. The van der Waals surface area contributed by atoms with Gasteiger partial charge in [0.2, 0.25) is 15.9 Å². The average Bonchev–Trinajstić information content (AvgIpc) is 3.34. The summed E-state index contributed by atoms with van der Waals surface area (Å²) in [5, 5.41) is 2.68. The van der Waals surface area contributed by atoms with Gasteiger partial charge in [-0.1, -0.05) is 6.07 Å². The fourth-order valence-corrected chi connectivity index (χ4v) is 5.08. The van der Waals surface area contributed by atoms with Crippen LogP contribution >= 0.6 is 0 Å². The number of sulfonamides is 1. The molecule has 2 aromatic carbocycles. The van der Waals surface area contributed by atoms with Crippen LogP contribution in [0.5, 0.6) is 11.5 Å². The van der Waals surface area contributed by atoms with Crippen molar-refractivity contribution in [2.75, 3.05) is 57.8 Å². The maximum atomic E-state index is 13.3. The number of anilines is 2. The predicted molar refractivity (Wildman–Crippen MR) is 127 cm³/mol.